The van der Waals surface area contributed by atoms with Gasteiger partial charge in [0, 0.05) is 6.61 Å². The molecule has 0 aliphatic heterocycles. The summed E-state index contributed by atoms with van der Waals surface area (Å²) in [4.78, 5) is 0. The average molecular weight is 134 g/mol. The van der Waals surface area contributed by atoms with E-state index in [0.29, 0.717) is 12.8 Å². The maximum atomic E-state index is 12.4. The number of hydrogen-bond donors (Lipinski definition) is 1. The first-order valence-electron chi connectivity index (χ1n) is 3.56. The number of halogens is 1. The lowest BCUT2D eigenvalue weighted by Crippen LogP contribution is -1.97. The molecule has 1 nitrogen and oxygen atoms in total. The van der Waals surface area contributed by atoms with Gasteiger partial charge in [-0.3, -0.25) is 0 Å². The first-order chi connectivity index (χ1) is 4.31. The molecule has 0 unspecified atom stereocenters. The van der Waals surface area contributed by atoms with Gasteiger partial charge in [-0.25, -0.2) is 4.39 Å². The normalized spacial score (nSPS) is 13.7. The van der Waals surface area contributed by atoms with Crippen molar-refractivity contribution in [3.8, 4) is 0 Å². The molecule has 0 bridgehead atoms. The van der Waals surface area contributed by atoms with Gasteiger partial charge in [0.25, 0.3) is 0 Å². The fourth-order valence-corrected chi connectivity index (χ4v) is 0.682. The van der Waals surface area contributed by atoms with Gasteiger partial charge in [-0.2, -0.15) is 0 Å². The summed E-state index contributed by atoms with van der Waals surface area (Å²) in [6.07, 6.45) is 2.10. The first-order valence-corrected chi connectivity index (χ1v) is 3.56. The van der Waals surface area contributed by atoms with Crippen LogP contribution in [0.1, 0.15) is 32.6 Å². The zero-order valence-corrected chi connectivity index (χ0v) is 5.94. The van der Waals surface area contributed by atoms with Crippen molar-refractivity contribution in [2.75, 3.05) is 6.61 Å². The SMILES string of the molecule is CC[C@H](F)CCCCO. The van der Waals surface area contributed by atoms with E-state index in [0.717, 1.165) is 12.8 Å². The summed E-state index contributed by atoms with van der Waals surface area (Å²) >= 11 is 0. The van der Waals surface area contributed by atoms with E-state index in [1.54, 1.807) is 0 Å². The molecule has 0 saturated heterocycles. The number of rotatable bonds is 5. The lowest BCUT2D eigenvalue weighted by Gasteiger charge is -2.01. The summed E-state index contributed by atoms with van der Waals surface area (Å²) < 4.78 is 12.4. The number of unbranched alkanes of at least 4 members (excludes halogenated alkanes) is 1. The smallest absolute Gasteiger partial charge is 0.0999 e. The Bertz CT molecular complexity index is 56.9. The standard InChI is InChI=1S/C7H15FO/c1-2-7(8)5-3-4-6-9/h7,9H,2-6H2,1H3/t7-/m0/s1. The van der Waals surface area contributed by atoms with E-state index >= 15 is 0 Å². The topological polar surface area (TPSA) is 20.2 Å². The third-order valence-electron chi connectivity index (χ3n) is 1.37. The van der Waals surface area contributed by atoms with Gasteiger partial charge in [0.15, 0.2) is 0 Å². The molecule has 0 amide bonds. The second kappa shape index (κ2) is 6.02. The van der Waals surface area contributed by atoms with Crippen LogP contribution in [0.4, 0.5) is 4.39 Å². The van der Waals surface area contributed by atoms with Crippen molar-refractivity contribution in [3.05, 3.63) is 0 Å². The van der Waals surface area contributed by atoms with E-state index in [2.05, 4.69) is 0 Å². The van der Waals surface area contributed by atoms with E-state index in [1.165, 1.54) is 0 Å². The monoisotopic (exact) mass is 134 g/mol. The number of aliphatic hydroxyl groups is 1. The van der Waals surface area contributed by atoms with Crippen molar-refractivity contribution in [3.63, 3.8) is 0 Å². The molecule has 0 spiro atoms. The summed E-state index contributed by atoms with van der Waals surface area (Å²) in [6, 6.07) is 0. The zero-order chi connectivity index (χ0) is 7.11. The van der Waals surface area contributed by atoms with Crippen molar-refractivity contribution < 1.29 is 9.50 Å². The Morgan fingerprint density at radius 3 is 2.56 bits per heavy atom. The Kier molecular flexibility index (Phi) is 5.94. The average Bonchev–Trinajstić information content (AvgIpc) is 1.89. The molecular weight excluding hydrogens is 119 g/mol. The Labute approximate surface area is 55.9 Å². The molecule has 1 atom stereocenters. The maximum absolute atomic E-state index is 12.4. The van der Waals surface area contributed by atoms with Crippen LogP contribution in [0, 0.1) is 0 Å². The quantitative estimate of drug-likeness (QED) is 0.569. The predicted octanol–water partition coefficient (Wildman–Crippen LogP) is 1.90. The summed E-state index contributed by atoms with van der Waals surface area (Å²) in [6.45, 7) is 2.03. The molecular formula is C7H15FO. The number of alkyl halides is 1. The van der Waals surface area contributed by atoms with Crippen molar-refractivity contribution in [1.29, 1.82) is 0 Å². The number of hydrogen-bond acceptors (Lipinski definition) is 1. The van der Waals surface area contributed by atoms with Crippen molar-refractivity contribution >= 4 is 0 Å². The minimum absolute atomic E-state index is 0.191. The van der Waals surface area contributed by atoms with E-state index < -0.39 is 6.17 Å². The van der Waals surface area contributed by atoms with Gasteiger partial charge in [-0.15, -0.1) is 0 Å². The molecule has 0 rings (SSSR count). The minimum Gasteiger partial charge on any atom is -0.396 e. The van der Waals surface area contributed by atoms with Crippen LogP contribution in [0.25, 0.3) is 0 Å². The van der Waals surface area contributed by atoms with E-state index in [-0.39, 0.29) is 6.61 Å². The lowest BCUT2D eigenvalue weighted by atomic mass is 10.1. The summed E-state index contributed by atoms with van der Waals surface area (Å²) in [5, 5.41) is 8.33. The van der Waals surface area contributed by atoms with Gasteiger partial charge >= 0.3 is 0 Å². The van der Waals surface area contributed by atoms with Gasteiger partial charge in [-0.1, -0.05) is 6.92 Å². The Hall–Kier alpha value is -0.110. The van der Waals surface area contributed by atoms with Gasteiger partial charge in [-0.05, 0) is 25.7 Å². The van der Waals surface area contributed by atoms with Crippen molar-refractivity contribution in [1.82, 2.24) is 0 Å². The van der Waals surface area contributed by atoms with Crippen LogP contribution in [-0.2, 0) is 0 Å². The first kappa shape index (κ1) is 8.89. The van der Waals surface area contributed by atoms with Crippen LogP contribution in [0.15, 0.2) is 0 Å². The molecule has 1 N–H and O–H groups in total. The van der Waals surface area contributed by atoms with Gasteiger partial charge in [0.1, 0.15) is 0 Å². The Morgan fingerprint density at radius 1 is 1.44 bits per heavy atom. The second-order valence-corrected chi connectivity index (χ2v) is 2.22. The highest BCUT2D eigenvalue weighted by atomic mass is 19.1. The van der Waals surface area contributed by atoms with E-state index in [1.807, 2.05) is 6.92 Å². The van der Waals surface area contributed by atoms with Crippen LogP contribution in [0.2, 0.25) is 0 Å². The van der Waals surface area contributed by atoms with Gasteiger partial charge < -0.3 is 5.11 Å². The molecule has 56 valence electrons. The van der Waals surface area contributed by atoms with Crippen molar-refractivity contribution in [2.24, 2.45) is 0 Å². The van der Waals surface area contributed by atoms with Crippen LogP contribution in [0.3, 0.4) is 0 Å². The molecule has 0 aromatic rings. The molecule has 0 radical (unpaired) electrons. The molecule has 0 aromatic heterocycles. The van der Waals surface area contributed by atoms with Crippen LogP contribution in [0.5, 0.6) is 0 Å². The summed E-state index contributed by atoms with van der Waals surface area (Å²) in [5.41, 5.74) is 0. The molecule has 0 aliphatic rings. The van der Waals surface area contributed by atoms with Crippen LogP contribution >= 0.6 is 0 Å². The highest BCUT2D eigenvalue weighted by Crippen LogP contribution is 2.06. The third kappa shape index (κ3) is 5.77. The Morgan fingerprint density at radius 2 is 2.11 bits per heavy atom. The molecule has 0 aliphatic carbocycles. The summed E-state index contributed by atoms with van der Waals surface area (Å²) in [7, 11) is 0. The van der Waals surface area contributed by atoms with E-state index in [4.69, 9.17) is 5.11 Å². The summed E-state index contributed by atoms with van der Waals surface area (Å²) in [5.74, 6) is 0. The second-order valence-electron chi connectivity index (χ2n) is 2.22. The highest BCUT2D eigenvalue weighted by molar-refractivity contribution is 4.52. The fourth-order valence-electron chi connectivity index (χ4n) is 0.682. The molecule has 0 aromatic carbocycles. The van der Waals surface area contributed by atoms with Crippen molar-refractivity contribution in [2.45, 2.75) is 38.8 Å². The Balaban J connectivity index is 2.88. The molecule has 0 saturated carbocycles. The lowest BCUT2D eigenvalue weighted by molar-refractivity contribution is 0.258. The highest BCUT2D eigenvalue weighted by Gasteiger charge is 2.00. The largest absolute Gasteiger partial charge is 0.396 e. The minimum atomic E-state index is -0.656. The maximum Gasteiger partial charge on any atom is 0.0999 e. The van der Waals surface area contributed by atoms with E-state index in [9.17, 15) is 4.39 Å². The molecule has 9 heavy (non-hydrogen) atoms. The molecule has 2 heteroatoms. The molecule has 0 heterocycles. The molecule has 0 fully saturated rings. The third-order valence-corrected chi connectivity index (χ3v) is 1.37. The van der Waals surface area contributed by atoms with Gasteiger partial charge in [0.2, 0.25) is 0 Å². The predicted molar refractivity (Wildman–Crippen MR) is 36.1 cm³/mol. The fraction of sp³-hybridized carbons (Fsp3) is 1.00. The van der Waals surface area contributed by atoms with Gasteiger partial charge in [0.05, 0.1) is 6.17 Å². The van der Waals surface area contributed by atoms with Crippen LogP contribution in [-0.4, -0.2) is 17.9 Å². The number of aliphatic hydroxyl groups excluding tert-OH is 1. The van der Waals surface area contributed by atoms with Crippen LogP contribution < -0.4 is 0 Å². The zero-order valence-electron chi connectivity index (χ0n) is 5.94.